The van der Waals surface area contributed by atoms with E-state index < -0.39 is 6.04 Å². The molecule has 1 atom stereocenters. The number of carbonyl (C=O) groups excluding carboxylic acids is 2. The smallest absolute Gasteiger partial charge is 0.261 e. The molecular formula is C28H31BrN2O3. The molecule has 0 aromatic heterocycles. The number of aryl methyl sites for hydroxylation is 1. The normalized spacial score (nSPS) is 11.7. The number of nitrogens with zero attached hydrogens (tertiary/aromatic N) is 1. The lowest BCUT2D eigenvalue weighted by Crippen LogP contribution is -2.52. The van der Waals surface area contributed by atoms with Crippen LogP contribution in [0.15, 0.2) is 83.3 Å². The summed E-state index contributed by atoms with van der Waals surface area (Å²) in [4.78, 5) is 28.4. The van der Waals surface area contributed by atoms with E-state index in [-0.39, 0.29) is 24.5 Å². The molecule has 34 heavy (non-hydrogen) atoms. The van der Waals surface area contributed by atoms with Crippen molar-refractivity contribution in [2.75, 3.05) is 6.61 Å². The molecule has 6 heteroatoms. The molecule has 1 N–H and O–H groups in total. The molecule has 178 valence electrons. The number of rotatable bonds is 10. The Balaban J connectivity index is 1.88. The summed E-state index contributed by atoms with van der Waals surface area (Å²) in [5, 5.41) is 2.99. The fraction of sp³-hybridized carbons (Fsp3) is 0.286. The molecule has 0 heterocycles. The Bertz CT molecular complexity index is 1090. The summed E-state index contributed by atoms with van der Waals surface area (Å²) >= 11 is 3.48. The fourth-order valence-electron chi connectivity index (χ4n) is 3.65. The molecule has 0 bridgehead atoms. The predicted molar refractivity (Wildman–Crippen MR) is 139 cm³/mol. The molecule has 0 unspecified atom stereocenters. The van der Waals surface area contributed by atoms with E-state index >= 15 is 0 Å². The third-order valence-corrected chi connectivity index (χ3v) is 6.28. The second-order valence-corrected chi connectivity index (χ2v) is 9.43. The molecule has 2 amide bonds. The maximum atomic E-state index is 13.5. The molecule has 5 nitrogen and oxygen atoms in total. The highest BCUT2D eigenvalue weighted by molar-refractivity contribution is 9.10. The largest absolute Gasteiger partial charge is 0.484 e. The van der Waals surface area contributed by atoms with Crippen LogP contribution in [0.5, 0.6) is 5.75 Å². The number of carbonyl (C=O) groups is 2. The SMILES string of the molecule is Cc1cc(OCC(=O)N(Cc2ccccc2)[C@@H](Cc2ccccc2)C(=O)NC(C)C)ccc1Br. The predicted octanol–water partition coefficient (Wildman–Crippen LogP) is 5.30. The average Bonchev–Trinajstić information content (AvgIpc) is 2.82. The van der Waals surface area contributed by atoms with Crippen molar-refractivity contribution >= 4 is 27.7 Å². The summed E-state index contributed by atoms with van der Waals surface area (Å²) in [6, 6.07) is 24.4. The van der Waals surface area contributed by atoms with Crippen LogP contribution in [0, 0.1) is 6.92 Å². The Morgan fingerprint density at radius 2 is 1.56 bits per heavy atom. The molecule has 0 aliphatic carbocycles. The van der Waals surface area contributed by atoms with E-state index in [0.29, 0.717) is 18.7 Å². The van der Waals surface area contributed by atoms with E-state index in [2.05, 4.69) is 21.2 Å². The Kier molecular flexibility index (Phi) is 9.28. The molecule has 0 aliphatic rings. The third-order valence-electron chi connectivity index (χ3n) is 5.39. The number of amides is 2. The number of hydrogen-bond acceptors (Lipinski definition) is 3. The van der Waals surface area contributed by atoms with Gasteiger partial charge in [-0.25, -0.2) is 0 Å². The topological polar surface area (TPSA) is 58.6 Å². The molecule has 0 fully saturated rings. The number of hydrogen-bond donors (Lipinski definition) is 1. The first kappa shape index (κ1) is 25.5. The van der Waals surface area contributed by atoms with E-state index in [1.807, 2.05) is 99.6 Å². The van der Waals surface area contributed by atoms with Gasteiger partial charge in [-0.05, 0) is 55.7 Å². The van der Waals surface area contributed by atoms with Gasteiger partial charge in [-0.3, -0.25) is 9.59 Å². The van der Waals surface area contributed by atoms with Crippen LogP contribution in [-0.2, 0) is 22.6 Å². The zero-order valence-corrected chi connectivity index (χ0v) is 21.4. The Morgan fingerprint density at radius 1 is 0.941 bits per heavy atom. The van der Waals surface area contributed by atoms with Crippen molar-refractivity contribution in [1.82, 2.24) is 10.2 Å². The van der Waals surface area contributed by atoms with Crippen LogP contribution in [0.1, 0.15) is 30.5 Å². The lowest BCUT2D eigenvalue weighted by molar-refractivity contribution is -0.143. The maximum absolute atomic E-state index is 13.5. The average molecular weight is 523 g/mol. The van der Waals surface area contributed by atoms with Gasteiger partial charge in [-0.1, -0.05) is 76.6 Å². The van der Waals surface area contributed by atoms with Crippen molar-refractivity contribution in [3.05, 3.63) is 100 Å². The maximum Gasteiger partial charge on any atom is 0.261 e. The fourth-order valence-corrected chi connectivity index (χ4v) is 3.90. The summed E-state index contributed by atoms with van der Waals surface area (Å²) in [7, 11) is 0. The molecule has 0 spiro atoms. The van der Waals surface area contributed by atoms with Crippen molar-refractivity contribution in [3.63, 3.8) is 0 Å². The Labute approximate surface area is 210 Å². The van der Waals surface area contributed by atoms with Gasteiger partial charge in [-0.15, -0.1) is 0 Å². The quantitative estimate of drug-likeness (QED) is 0.393. The minimum atomic E-state index is -0.673. The molecular weight excluding hydrogens is 492 g/mol. The van der Waals surface area contributed by atoms with E-state index in [4.69, 9.17) is 4.74 Å². The van der Waals surface area contributed by atoms with Crippen LogP contribution >= 0.6 is 15.9 Å². The summed E-state index contributed by atoms with van der Waals surface area (Å²) in [5.41, 5.74) is 2.96. The first-order valence-electron chi connectivity index (χ1n) is 11.4. The highest BCUT2D eigenvalue weighted by Crippen LogP contribution is 2.22. The van der Waals surface area contributed by atoms with Gasteiger partial charge in [0.2, 0.25) is 5.91 Å². The van der Waals surface area contributed by atoms with Gasteiger partial charge in [-0.2, -0.15) is 0 Å². The monoisotopic (exact) mass is 522 g/mol. The van der Waals surface area contributed by atoms with Crippen molar-refractivity contribution in [3.8, 4) is 5.75 Å². The molecule has 0 aliphatic heterocycles. The number of ether oxygens (including phenoxy) is 1. The van der Waals surface area contributed by atoms with Gasteiger partial charge >= 0.3 is 0 Å². The molecule has 3 aromatic rings. The van der Waals surface area contributed by atoms with Gasteiger partial charge in [0.05, 0.1) is 0 Å². The third kappa shape index (κ3) is 7.45. The number of halogens is 1. The zero-order chi connectivity index (χ0) is 24.5. The van der Waals surface area contributed by atoms with Gasteiger partial charge in [0.1, 0.15) is 11.8 Å². The second-order valence-electron chi connectivity index (χ2n) is 8.58. The zero-order valence-electron chi connectivity index (χ0n) is 19.8. The van der Waals surface area contributed by atoms with Crippen LogP contribution < -0.4 is 10.1 Å². The second kappa shape index (κ2) is 12.4. The van der Waals surface area contributed by atoms with Crippen molar-refractivity contribution in [1.29, 1.82) is 0 Å². The molecule has 0 radical (unpaired) electrons. The highest BCUT2D eigenvalue weighted by atomic mass is 79.9. The van der Waals surface area contributed by atoms with Crippen LogP contribution in [0.4, 0.5) is 0 Å². The van der Waals surface area contributed by atoms with Crippen LogP contribution in [0.25, 0.3) is 0 Å². The molecule has 0 saturated heterocycles. The van der Waals surface area contributed by atoms with Crippen LogP contribution in [0.3, 0.4) is 0 Å². The minimum Gasteiger partial charge on any atom is -0.484 e. The van der Waals surface area contributed by atoms with E-state index in [0.717, 1.165) is 21.2 Å². The first-order chi connectivity index (χ1) is 16.3. The Hall–Kier alpha value is -3.12. The van der Waals surface area contributed by atoms with Gasteiger partial charge < -0.3 is 15.0 Å². The number of benzene rings is 3. The molecule has 3 aromatic carbocycles. The number of nitrogens with one attached hydrogen (secondary N) is 1. The van der Waals surface area contributed by atoms with E-state index in [9.17, 15) is 9.59 Å². The van der Waals surface area contributed by atoms with Crippen molar-refractivity contribution < 1.29 is 14.3 Å². The van der Waals surface area contributed by atoms with Gasteiger partial charge in [0, 0.05) is 23.5 Å². The molecule has 3 rings (SSSR count). The van der Waals surface area contributed by atoms with Crippen LogP contribution in [0.2, 0.25) is 0 Å². The van der Waals surface area contributed by atoms with Crippen LogP contribution in [-0.4, -0.2) is 35.4 Å². The van der Waals surface area contributed by atoms with Gasteiger partial charge in [0.15, 0.2) is 6.61 Å². The van der Waals surface area contributed by atoms with E-state index in [1.54, 1.807) is 4.90 Å². The minimum absolute atomic E-state index is 0.0403. The summed E-state index contributed by atoms with van der Waals surface area (Å²) in [6.45, 7) is 5.95. The Morgan fingerprint density at radius 3 is 2.15 bits per heavy atom. The van der Waals surface area contributed by atoms with Crippen molar-refractivity contribution in [2.24, 2.45) is 0 Å². The molecule has 0 saturated carbocycles. The lowest BCUT2D eigenvalue weighted by atomic mass is 10.0. The highest BCUT2D eigenvalue weighted by Gasteiger charge is 2.31. The first-order valence-corrected chi connectivity index (χ1v) is 12.2. The summed E-state index contributed by atoms with van der Waals surface area (Å²) in [6.07, 6.45) is 0.412. The van der Waals surface area contributed by atoms with Crippen molar-refractivity contribution in [2.45, 2.75) is 45.8 Å². The summed E-state index contributed by atoms with van der Waals surface area (Å²) < 4.78 is 6.82. The summed E-state index contributed by atoms with van der Waals surface area (Å²) in [5.74, 6) is 0.187. The van der Waals surface area contributed by atoms with E-state index in [1.165, 1.54) is 0 Å². The lowest BCUT2D eigenvalue weighted by Gasteiger charge is -2.32. The van der Waals surface area contributed by atoms with Gasteiger partial charge in [0.25, 0.3) is 5.91 Å². The standard InChI is InChI=1S/C28H31BrN2O3/c1-20(2)30-28(33)26(17-22-10-6-4-7-11-22)31(18-23-12-8-5-9-13-23)27(32)19-34-24-14-15-25(29)21(3)16-24/h4-16,20,26H,17-19H2,1-3H3,(H,30,33)/t26-/m0/s1.